The monoisotopic (exact) mass is 233 g/mol. The zero-order valence-corrected chi connectivity index (χ0v) is 9.27. The van der Waals surface area contributed by atoms with Crippen molar-refractivity contribution < 1.29 is 19.4 Å². The molecule has 0 unspecified atom stereocenters. The zero-order chi connectivity index (χ0) is 12.8. The Morgan fingerprint density at radius 2 is 2.29 bits per heavy atom. The minimum Gasteiger partial charge on any atom is -0.507 e. The Morgan fingerprint density at radius 3 is 2.82 bits per heavy atom. The Kier molecular flexibility index (Phi) is 4.23. The summed E-state index contributed by atoms with van der Waals surface area (Å²) < 4.78 is 4.74. The van der Waals surface area contributed by atoms with Gasteiger partial charge in [0.25, 0.3) is 0 Å². The molecular formula is C12H11NO4. The van der Waals surface area contributed by atoms with Crippen molar-refractivity contribution in [3.63, 3.8) is 0 Å². The summed E-state index contributed by atoms with van der Waals surface area (Å²) in [6, 6.07) is 4.47. The topological polar surface area (TPSA) is 87.4 Å². The van der Waals surface area contributed by atoms with E-state index in [4.69, 9.17) is 10.00 Å². The summed E-state index contributed by atoms with van der Waals surface area (Å²) in [6.07, 6.45) is 0.212. The molecule has 1 aromatic rings. The smallest absolute Gasteiger partial charge is 0.310 e. The van der Waals surface area contributed by atoms with Crippen molar-refractivity contribution >= 4 is 12.3 Å². The summed E-state index contributed by atoms with van der Waals surface area (Å²) in [7, 11) is 0. The van der Waals surface area contributed by atoms with Crippen LogP contribution in [0, 0.1) is 11.3 Å². The van der Waals surface area contributed by atoms with Crippen LogP contribution in [0.5, 0.6) is 5.75 Å². The standard InChI is InChI=1S/C12H11NO4/c1-2-17-12(16)5-9-8(6-13)3-4-11(15)10(9)7-14/h3-4,7,15H,2,5H2,1H3. The molecule has 0 aliphatic carbocycles. The molecule has 0 saturated carbocycles. The van der Waals surface area contributed by atoms with Gasteiger partial charge in [-0.15, -0.1) is 0 Å². The number of aldehydes is 1. The lowest BCUT2D eigenvalue weighted by Crippen LogP contribution is -2.10. The lowest BCUT2D eigenvalue weighted by molar-refractivity contribution is -0.142. The maximum absolute atomic E-state index is 11.3. The Balaban J connectivity index is 3.19. The molecule has 0 heterocycles. The third kappa shape index (κ3) is 2.82. The van der Waals surface area contributed by atoms with Crippen LogP contribution >= 0.6 is 0 Å². The van der Waals surface area contributed by atoms with Crippen LogP contribution in [0.1, 0.15) is 28.4 Å². The summed E-state index contributed by atoms with van der Waals surface area (Å²) in [5.41, 5.74) is 0.330. The van der Waals surface area contributed by atoms with E-state index in [2.05, 4.69) is 0 Å². The third-order valence-electron chi connectivity index (χ3n) is 2.20. The molecular weight excluding hydrogens is 222 g/mol. The van der Waals surface area contributed by atoms with Crippen molar-refractivity contribution in [2.45, 2.75) is 13.3 Å². The van der Waals surface area contributed by atoms with Gasteiger partial charge in [-0.05, 0) is 24.6 Å². The fraction of sp³-hybridized carbons (Fsp3) is 0.250. The minimum absolute atomic E-state index is 0.0443. The number of carbonyl (C=O) groups excluding carboxylic acids is 2. The molecule has 1 rings (SSSR count). The number of nitrogens with zero attached hydrogens (tertiary/aromatic N) is 1. The first-order valence-corrected chi connectivity index (χ1v) is 4.99. The van der Waals surface area contributed by atoms with E-state index in [9.17, 15) is 14.7 Å². The predicted molar refractivity (Wildman–Crippen MR) is 58.5 cm³/mol. The lowest BCUT2D eigenvalue weighted by atomic mass is 9.98. The molecule has 0 spiro atoms. The molecule has 88 valence electrons. The van der Waals surface area contributed by atoms with E-state index in [1.165, 1.54) is 12.1 Å². The number of benzene rings is 1. The van der Waals surface area contributed by atoms with Crippen LogP contribution in [0.2, 0.25) is 0 Å². The predicted octanol–water partition coefficient (Wildman–Crippen LogP) is 1.18. The number of esters is 1. The molecule has 0 fully saturated rings. The number of carbonyl (C=O) groups is 2. The van der Waals surface area contributed by atoms with Gasteiger partial charge in [0.1, 0.15) is 5.75 Å². The van der Waals surface area contributed by atoms with Gasteiger partial charge in [-0.1, -0.05) is 0 Å². The lowest BCUT2D eigenvalue weighted by Gasteiger charge is -2.08. The largest absolute Gasteiger partial charge is 0.507 e. The van der Waals surface area contributed by atoms with Crippen molar-refractivity contribution in [2.75, 3.05) is 6.61 Å². The van der Waals surface area contributed by atoms with Gasteiger partial charge in [0.15, 0.2) is 6.29 Å². The van der Waals surface area contributed by atoms with Crippen molar-refractivity contribution in [3.8, 4) is 11.8 Å². The quantitative estimate of drug-likeness (QED) is 0.623. The first-order chi connectivity index (χ1) is 8.13. The van der Waals surface area contributed by atoms with Gasteiger partial charge in [-0.25, -0.2) is 0 Å². The zero-order valence-electron chi connectivity index (χ0n) is 9.27. The number of hydrogen-bond acceptors (Lipinski definition) is 5. The first kappa shape index (κ1) is 12.7. The number of rotatable bonds is 4. The molecule has 0 aliphatic rings. The van der Waals surface area contributed by atoms with Crippen LogP contribution in [-0.4, -0.2) is 24.0 Å². The number of hydrogen-bond donors (Lipinski definition) is 1. The molecule has 0 atom stereocenters. The Labute approximate surface area is 98.2 Å². The molecule has 5 heteroatoms. The summed E-state index contributed by atoms with van der Waals surface area (Å²) in [4.78, 5) is 22.2. The van der Waals surface area contributed by atoms with E-state index < -0.39 is 5.97 Å². The van der Waals surface area contributed by atoms with Gasteiger partial charge in [0.05, 0.1) is 30.2 Å². The number of aromatic hydroxyl groups is 1. The number of phenols is 1. The third-order valence-corrected chi connectivity index (χ3v) is 2.20. The van der Waals surface area contributed by atoms with E-state index in [-0.39, 0.29) is 35.5 Å². The van der Waals surface area contributed by atoms with Crippen molar-refractivity contribution in [2.24, 2.45) is 0 Å². The van der Waals surface area contributed by atoms with E-state index >= 15 is 0 Å². The molecule has 0 amide bonds. The van der Waals surface area contributed by atoms with Crippen LogP contribution < -0.4 is 0 Å². The van der Waals surface area contributed by atoms with Crippen LogP contribution in [0.15, 0.2) is 12.1 Å². The molecule has 0 aliphatic heterocycles. The average molecular weight is 233 g/mol. The SMILES string of the molecule is CCOC(=O)Cc1c(C#N)ccc(O)c1C=O. The minimum atomic E-state index is -0.544. The van der Waals surface area contributed by atoms with E-state index in [0.717, 1.165) is 0 Å². The van der Waals surface area contributed by atoms with Gasteiger partial charge in [-0.3, -0.25) is 9.59 Å². The fourth-order valence-electron chi connectivity index (χ4n) is 1.44. The summed E-state index contributed by atoms with van der Waals surface area (Å²) in [5, 5.41) is 18.3. The number of nitriles is 1. The summed E-state index contributed by atoms with van der Waals surface area (Å²) in [6.45, 7) is 1.88. The second-order valence-corrected chi connectivity index (χ2v) is 3.24. The van der Waals surface area contributed by atoms with Gasteiger partial charge in [-0.2, -0.15) is 5.26 Å². The van der Waals surface area contributed by atoms with E-state index in [0.29, 0.717) is 6.29 Å². The second-order valence-electron chi connectivity index (χ2n) is 3.24. The maximum atomic E-state index is 11.3. The second kappa shape index (κ2) is 5.66. The molecule has 1 N–H and O–H groups in total. The molecule has 0 radical (unpaired) electrons. The Morgan fingerprint density at radius 1 is 1.59 bits per heavy atom. The van der Waals surface area contributed by atoms with Crippen LogP contribution in [-0.2, 0) is 16.0 Å². The van der Waals surface area contributed by atoms with Crippen LogP contribution in [0.25, 0.3) is 0 Å². The highest BCUT2D eigenvalue weighted by molar-refractivity contribution is 5.86. The van der Waals surface area contributed by atoms with Crippen LogP contribution in [0.4, 0.5) is 0 Å². The Hall–Kier alpha value is -2.35. The van der Waals surface area contributed by atoms with Crippen LogP contribution in [0.3, 0.4) is 0 Å². The molecule has 0 bridgehead atoms. The van der Waals surface area contributed by atoms with Gasteiger partial charge < -0.3 is 9.84 Å². The molecule has 1 aromatic carbocycles. The first-order valence-electron chi connectivity index (χ1n) is 4.99. The summed E-state index contributed by atoms with van der Waals surface area (Å²) in [5.74, 6) is -0.795. The van der Waals surface area contributed by atoms with Gasteiger partial charge in [0.2, 0.25) is 0 Å². The molecule has 17 heavy (non-hydrogen) atoms. The molecule has 5 nitrogen and oxygen atoms in total. The van der Waals surface area contributed by atoms with Gasteiger partial charge in [0, 0.05) is 0 Å². The molecule has 0 aromatic heterocycles. The van der Waals surface area contributed by atoms with Gasteiger partial charge >= 0.3 is 5.97 Å². The fourth-order valence-corrected chi connectivity index (χ4v) is 1.44. The van der Waals surface area contributed by atoms with Crippen molar-refractivity contribution in [1.82, 2.24) is 0 Å². The molecule has 0 saturated heterocycles. The Bertz CT molecular complexity index is 488. The average Bonchev–Trinajstić information content (AvgIpc) is 2.30. The highest BCUT2D eigenvalue weighted by Crippen LogP contribution is 2.23. The van der Waals surface area contributed by atoms with Crippen molar-refractivity contribution in [1.29, 1.82) is 5.26 Å². The van der Waals surface area contributed by atoms with E-state index in [1.807, 2.05) is 6.07 Å². The summed E-state index contributed by atoms with van der Waals surface area (Å²) >= 11 is 0. The van der Waals surface area contributed by atoms with Crippen molar-refractivity contribution in [3.05, 3.63) is 28.8 Å². The maximum Gasteiger partial charge on any atom is 0.310 e. The van der Waals surface area contributed by atoms with E-state index in [1.54, 1.807) is 6.92 Å². The number of phenolic OH excluding ortho intramolecular Hbond substituents is 1. The highest BCUT2D eigenvalue weighted by atomic mass is 16.5. The normalized spacial score (nSPS) is 9.41. The highest BCUT2D eigenvalue weighted by Gasteiger charge is 2.16. The number of ether oxygens (including phenoxy) is 1.